The molecular weight excluding hydrogens is 563 g/mol. The summed E-state index contributed by atoms with van der Waals surface area (Å²) in [5, 5.41) is 18.4. The Labute approximate surface area is 243 Å². The Bertz CT molecular complexity index is 1950. The number of carbonyl (C=O) groups is 1. The summed E-state index contributed by atoms with van der Waals surface area (Å²) in [6.07, 6.45) is -1.26. The minimum absolute atomic E-state index is 0.0379. The number of rotatable bonds is 8. The number of carboxylic acid groups (broad SMARTS) is 1. The van der Waals surface area contributed by atoms with Gasteiger partial charge in [0.2, 0.25) is 0 Å². The molecule has 1 N–H and O–H groups in total. The van der Waals surface area contributed by atoms with Gasteiger partial charge in [0.25, 0.3) is 6.29 Å². The molecule has 0 bridgehead atoms. The van der Waals surface area contributed by atoms with Gasteiger partial charge in [-0.05, 0) is 60.2 Å². The molecule has 43 heavy (non-hydrogen) atoms. The summed E-state index contributed by atoms with van der Waals surface area (Å²) < 4.78 is 64.4. The normalized spacial score (nSPS) is 13.8. The molecule has 0 aliphatic carbocycles. The highest BCUT2D eigenvalue weighted by Gasteiger charge is 2.31. The molecule has 2 heterocycles. The van der Waals surface area contributed by atoms with E-state index in [1.165, 1.54) is 31.4 Å². The van der Waals surface area contributed by atoms with Crippen molar-refractivity contribution in [2.24, 2.45) is 0 Å². The van der Waals surface area contributed by atoms with Crippen LogP contribution >= 0.6 is 0 Å². The van der Waals surface area contributed by atoms with Crippen LogP contribution in [0.2, 0.25) is 0 Å². The molecule has 216 valence electrons. The number of hydrogen-bond acceptors (Lipinski definition) is 6. The Morgan fingerprint density at radius 3 is 2.60 bits per heavy atom. The van der Waals surface area contributed by atoms with Crippen LogP contribution in [0.4, 0.5) is 13.2 Å². The molecule has 0 saturated heterocycles. The van der Waals surface area contributed by atoms with Gasteiger partial charge >= 0.3 is 5.97 Å². The highest BCUT2D eigenvalue weighted by Crippen LogP contribution is 2.47. The van der Waals surface area contributed by atoms with Crippen LogP contribution in [0.25, 0.3) is 22.2 Å². The number of nitriles is 1. The second-order valence-corrected chi connectivity index (χ2v) is 9.83. The van der Waals surface area contributed by atoms with E-state index in [4.69, 9.17) is 19.5 Å². The van der Waals surface area contributed by atoms with Crippen LogP contribution in [0.15, 0.2) is 66.7 Å². The van der Waals surface area contributed by atoms with Gasteiger partial charge in [-0.1, -0.05) is 12.1 Å². The number of hydrogen-bond donors (Lipinski definition) is 1. The largest absolute Gasteiger partial charge is 0.478 e. The summed E-state index contributed by atoms with van der Waals surface area (Å²) in [6, 6.07) is 17.1. The summed E-state index contributed by atoms with van der Waals surface area (Å²) in [5.41, 5.74) is 1.48. The van der Waals surface area contributed by atoms with Crippen molar-refractivity contribution in [1.29, 1.82) is 5.26 Å². The number of benzene rings is 4. The fourth-order valence-corrected chi connectivity index (χ4v) is 5.08. The lowest BCUT2D eigenvalue weighted by atomic mass is 10.00. The molecule has 1 atom stereocenters. The fraction of sp³-hybridized carbons (Fsp3) is 0.156. The van der Waals surface area contributed by atoms with Gasteiger partial charge in [-0.2, -0.15) is 5.26 Å². The summed E-state index contributed by atoms with van der Waals surface area (Å²) in [5.74, 6) is -2.46. The zero-order valence-corrected chi connectivity index (χ0v) is 22.6. The Morgan fingerprint density at radius 2 is 1.86 bits per heavy atom. The maximum Gasteiger partial charge on any atom is 0.335 e. The molecule has 0 spiro atoms. The average Bonchev–Trinajstić information content (AvgIpc) is 3.58. The van der Waals surface area contributed by atoms with Crippen molar-refractivity contribution in [3.05, 3.63) is 112 Å². The molecule has 5 aromatic rings. The summed E-state index contributed by atoms with van der Waals surface area (Å²) in [6.45, 7) is 0.613. The average molecular weight is 586 g/mol. The molecule has 0 saturated carbocycles. The maximum absolute atomic E-state index is 15.6. The predicted molar refractivity (Wildman–Crippen MR) is 148 cm³/mol. The van der Waals surface area contributed by atoms with Gasteiger partial charge in [-0.3, -0.25) is 0 Å². The van der Waals surface area contributed by atoms with E-state index in [9.17, 15) is 14.3 Å². The summed E-state index contributed by atoms with van der Waals surface area (Å²) in [4.78, 5) is 16.1. The van der Waals surface area contributed by atoms with E-state index < -0.39 is 29.7 Å². The molecule has 0 radical (unpaired) electrons. The van der Waals surface area contributed by atoms with E-state index in [2.05, 4.69) is 4.98 Å². The van der Waals surface area contributed by atoms with E-state index in [-0.39, 0.29) is 51.3 Å². The van der Waals surface area contributed by atoms with Gasteiger partial charge in [0.05, 0.1) is 40.4 Å². The van der Waals surface area contributed by atoms with Gasteiger partial charge in [0.1, 0.15) is 23.3 Å². The SMILES string of the molecule is COCCn1c(Cc2cc(F)c(-c3cccc4c3O[C@H](c3ccc(C#N)cc3F)O4)cc2F)nc2ccc(C(=O)O)cc21. The van der Waals surface area contributed by atoms with Gasteiger partial charge in [0.15, 0.2) is 11.5 Å². The zero-order valence-electron chi connectivity index (χ0n) is 22.6. The van der Waals surface area contributed by atoms with Crippen LogP contribution in [0.1, 0.15) is 39.2 Å². The van der Waals surface area contributed by atoms with Gasteiger partial charge in [-0.15, -0.1) is 0 Å². The summed E-state index contributed by atoms with van der Waals surface area (Å²) >= 11 is 0. The van der Waals surface area contributed by atoms with Crippen molar-refractivity contribution in [2.75, 3.05) is 13.7 Å². The molecule has 1 aliphatic rings. The number of ether oxygens (including phenoxy) is 3. The molecule has 0 unspecified atom stereocenters. The Kier molecular flexibility index (Phi) is 7.21. The number of fused-ring (bicyclic) bond motifs is 2. The number of imidazole rings is 1. The molecule has 0 fully saturated rings. The van der Waals surface area contributed by atoms with E-state index in [1.807, 2.05) is 6.07 Å². The van der Waals surface area contributed by atoms with Crippen LogP contribution < -0.4 is 9.47 Å². The number of nitrogens with zero attached hydrogens (tertiary/aromatic N) is 3. The Balaban J connectivity index is 1.33. The standard InChI is InChI=1S/C32H22F3N3O5/c1-41-10-9-38-27-13-18(31(39)40)6-8-26(27)37-29(38)14-19-12-25(35)22(15-23(19)33)20-3-2-4-28-30(20)43-32(42-28)21-7-5-17(16-36)11-24(21)34/h2-8,11-13,15,32H,9-10,14H2,1H3,(H,39,40)/t32-/m1/s1. The van der Waals surface area contributed by atoms with E-state index in [0.29, 0.717) is 30.0 Å². The molecule has 4 aromatic carbocycles. The Morgan fingerprint density at radius 1 is 1.02 bits per heavy atom. The molecule has 11 heteroatoms. The molecule has 8 nitrogen and oxygen atoms in total. The van der Waals surface area contributed by atoms with Crippen LogP contribution in [0.3, 0.4) is 0 Å². The molecule has 6 rings (SSSR count). The number of aromatic carboxylic acids is 1. The first-order valence-electron chi connectivity index (χ1n) is 13.1. The third-order valence-corrected chi connectivity index (χ3v) is 7.19. The number of aromatic nitrogens is 2. The van der Waals surface area contributed by atoms with Gasteiger partial charge in [-0.25, -0.2) is 22.9 Å². The minimum atomic E-state index is -1.18. The van der Waals surface area contributed by atoms with E-state index in [0.717, 1.165) is 18.2 Å². The zero-order chi connectivity index (χ0) is 30.2. The second-order valence-electron chi connectivity index (χ2n) is 9.83. The molecule has 1 aliphatic heterocycles. The third-order valence-electron chi connectivity index (χ3n) is 7.19. The minimum Gasteiger partial charge on any atom is -0.478 e. The van der Waals surface area contributed by atoms with E-state index >= 15 is 8.78 Å². The maximum atomic E-state index is 15.6. The van der Waals surface area contributed by atoms with Crippen molar-refractivity contribution in [2.45, 2.75) is 19.3 Å². The first-order chi connectivity index (χ1) is 20.8. The number of halogens is 3. The van der Waals surface area contributed by atoms with Crippen LogP contribution in [0.5, 0.6) is 11.5 Å². The molecule has 1 aromatic heterocycles. The predicted octanol–water partition coefficient (Wildman–Crippen LogP) is 6.40. The van der Waals surface area contributed by atoms with Gasteiger partial charge < -0.3 is 23.9 Å². The fourth-order valence-electron chi connectivity index (χ4n) is 5.08. The molecular formula is C32H22F3N3O5. The van der Waals surface area contributed by atoms with Crippen molar-refractivity contribution < 1.29 is 37.3 Å². The van der Waals surface area contributed by atoms with E-state index in [1.54, 1.807) is 28.8 Å². The highest BCUT2D eigenvalue weighted by atomic mass is 19.1. The van der Waals surface area contributed by atoms with Crippen LogP contribution in [0, 0.1) is 28.8 Å². The van der Waals surface area contributed by atoms with Gasteiger partial charge in [0, 0.05) is 31.2 Å². The highest BCUT2D eigenvalue weighted by molar-refractivity contribution is 5.92. The second kappa shape index (κ2) is 11.2. The Hall–Kier alpha value is -5.34. The lowest BCUT2D eigenvalue weighted by molar-refractivity contribution is 0.0456. The summed E-state index contributed by atoms with van der Waals surface area (Å²) in [7, 11) is 1.52. The molecule has 0 amide bonds. The van der Waals surface area contributed by atoms with Crippen molar-refractivity contribution >= 4 is 17.0 Å². The third kappa shape index (κ3) is 5.13. The smallest absolute Gasteiger partial charge is 0.335 e. The first-order valence-corrected chi connectivity index (χ1v) is 13.1. The quantitative estimate of drug-likeness (QED) is 0.225. The number of carboxylic acids is 1. The van der Waals surface area contributed by atoms with Crippen LogP contribution in [-0.4, -0.2) is 34.3 Å². The lowest BCUT2D eigenvalue weighted by Crippen LogP contribution is -2.10. The first kappa shape index (κ1) is 27.8. The van der Waals surface area contributed by atoms with Crippen molar-refractivity contribution in [3.8, 4) is 28.7 Å². The number of methoxy groups -OCH3 is 1. The van der Waals surface area contributed by atoms with Crippen molar-refractivity contribution in [1.82, 2.24) is 9.55 Å². The van der Waals surface area contributed by atoms with Crippen LogP contribution in [-0.2, 0) is 17.7 Å². The lowest BCUT2D eigenvalue weighted by Gasteiger charge is -2.13. The number of para-hydroxylation sites is 1. The topological polar surface area (TPSA) is 107 Å². The monoisotopic (exact) mass is 585 g/mol. The van der Waals surface area contributed by atoms with Crippen molar-refractivity contribution in [3.63, 3.8) is 0 Å².